The van der Waals surface area contributed by atoms with Crippen LogP contribution in [-0.4, -0.2) is 43.4 Å². The first-order chi connectivity index (χ1) is 12.0. The van der Waals surface area contributed by atoms with Gasteiger partial charge in [0, 0.05) is 37.6 Å². The van der Waals surface area contributed by atoms with E-state index in [9.17, 15) is 9.59 Å². The first-order valence-corrected chi connectivity index (χ1v) is 8.42. The number of carbonyl (C=O) groups is 2. The van der Waals surface area contributed by atoms with E-state index in [4.69, 9.17) is 0 Å². The third kappa shape index (κ3) is 3.50. The van der Waals surface area contributed by atoms with Gasteiger partial charge in [0.1, 0.15) is 6.04 Å². The molecule has 2 aromatic rings. The van der Waals surface area contributed by atoms with Crippen molar-refractivity contribution in [2.24, 2.45) is 0 Å². The molecule has 0 aliphatic carbocycles. The maximum Gasteiger partial charge on any atom is 0.253 e. The summed E-state index contributed by atoms with van der Waals surface area (Å²) in [5, 5.41) is 3.31. The average molecular weight is 337 g/mol. The highest BCUT2D eigenvalue weighted by molar-refractivity contribution is 6.01. The number of anilines is 2. The number of carbonyl (C=O) groups excluding carboxylic acids is 2. The van der Waals surface area contributed by atoms with Crippen LogP contribution in [0.25, 0.3) is 0 Å². The van der Waals surface area contributed by atoms with Gasteiger partial charge in [-0.2, -0.15) is 0 Å². The number of nitrogens with one attached hydrogen (secondary N) is 1. The Bertz CT molecular complexity index is 787. The Balaban J connectivity index is 1.72. The highest BCUT2D eigenvalue weighted by atomic mass is 16.2. The van der Waals surface area contributed by atoms with Crippen LogP contribution in [0, 0.1) is 6.92 Å². The van der Waals surface area contributed by atoms with Gasteiger partial charge in [0.2, 0.25) is 5.91 Å². The van der Waals surface area contributed by atoms with Gasteiger partial charge in [-0.1, -0.05) is 18.2 Å². The summed E-state index contributed by atoms with van der Waals surface area (Å²) < 4.78 is 0. The summed E-state index contributed by atoms with van der Waals surface area (Å²) in [7, 11) is 3.48. The lowest BCUT2D eigenvalue weighted by Crippen LogP contribution is -2.33. The fourth-order valence-corrected chi connectivity index (χ4v) is 3.11. The van der Waals surface area contributed by atoms with E-state index in [-0.39, 0.29) is 17.9 Å². The van der Waals surface area contributed by atoms with Crippen molar-refractivity contribution in [3.05, 3.63) is 59.7 Å². The van der Waals surface area contributed by atoms with Gasteiger partial charge >= 0.3 is 0 Å². The molecular formula is C20H23N3O2. The molecule has 5 heteroatoms. The van der Waals surface area contributed by atoms with Crippen LogP contribution in [0.3, 0.4) is 0 Å². The van der Waals surface area contributed by atoms with Crippen LogP contribution >= 0.6 is 0 Å². The van der Waals surface area contributed by atoms with Crippen molar-refractivity contribution in [2.45, 2.75) is 19.4 Å². The van der Waals surface area contributed by atoms with E-state index in [2.05, 4.69) is 5.32 Å². The van der Waals surface area contributed by atoms with Crippen LogP contribution in [0.2, 0.25) is 0 Å². The van der Waals surface area contributed by atoms with Gasteiger partial charge in [0.25, 0.3) is 5.91 Å². The van der Waals surface area contributed by atoms with Crippen molar-refractivity contribution in [2.75, 3.05) is 30.9 Å². The van der Waals surface area contributed by atoms with Gasteiger partial charge in [-0.25, -0.2) is 0 Å². The molecule has 1 heterocycles. The summed E-state index contributed by atoms with van der Waals surface area (Å²) in [4.78, 5) is 28.2. The Hall–Kier alpha value is -2.82. The second kappa shape index (κ2) is 6.97. The molecule has 0 spiro atoms. The van der Waals surface area contributed by atoms with Gasteiger partial charge in [-0.3, -0.25) is 9.59 Å². The van der Waals surface area contributed by atoms with Crippen molar-refractivity contribution < 1.29 is 9.59 Å². The molecule has 1 atom stereocenters. The number of nitrogens with zero attached hydrogens (tertiary/aromatic N) is 2. The molecule has 1 N–H and O–H groups in total. The molecule has 0 bridgehead atoms. The average Bonchev–Trinajstić information content (AvgIpc) is 2.96. The number of hydrogen-bond acceptors (Lipinski definition) is 3. The van der Waals surface area contributed by atoms with Crippen molar-refractivity contribution in [1.29, 1.82) is 0 Å². The van der Waals surface area contributed by atoms with Gasteiger partial charge in [-0.15, -0.1) is 0 Å². The zero-order valence-corrected chi connectivity index (χ0v) is 14.8. The lowest BCUT2D eigenvalue weighted by atomic mass is 10.1. The molecule has 2 amide bonds. The Morgan fingerprint density at radius 2 is 1.88 bits per heavy atom. The van der Waals surface area contributed by atoms with Crippen molar-refractivity contribution in [3.8, 4) is 0 Å². The SMILES string of the molecule is Cc1cc(N[C@@H]2CCN(c3ccccc3)C2=O)ccc1C(=O)N(C)C. The van der Waals surface area contributed by atoms with Gasteiger partial charge in [-0.05, 0) is 49.2 Å². The van der Waals surface area contributed by atoms with E-state index in [1.807, 2.05) is 60.4 Å². The van der Waals surface area contributed by atoms with Crippen molar-refractivity contribution >= 4 is 23.2 Å². The number of hydrogen-bond donors (Lipinski definition) is 1. The molecular weight excluding hydrogens is 314 g/mol. The third-order valence-electron chi connectivity index (χ3n) is 4.48. The molecule has 0 unspecified atom stereocenters. The molecule has 0 radical (unpaired) electrons. The molecule has 0 saturated carbocycles. The Morgan fingerprint density at radius 1 is 1.16 bits per heavy atom. The standard InChI is InChI=1S/C20H23N3O2/c1-14-13-15(9-10-17(14)19(24)22(2)3)21-18-11-12-23(20(18)25)16-7-5-4-6-8-16/h4-10,13,18,21H,11-12H2,1-3H3/t18-/m1/s1. The van der Waals surface area contributed by atoms with Crippen LogP contribution in [0.1, 0.15) is 22.3 Å². The first-order valence-electron chi connectivity index (χ1n) is 8.42. The van der Waals surface area contributed by atoms with Crippen LogP contribution in [0.5, 0.6) is 0 Å². The zero-order chi connectivity index (χ0) is 18.0. The largest absolute Gasteiger partial charge is 0.374 e. The van der Waals surface area contributed by atoms with E-state index in [1.165, 1.54) is 0 Å². The molecule has 2 aromatic carbocycles. The van der Waals surface area contributed by atoms with Gasteiger partial charge in [0.15, 0.2) is 0 Å². The number of amides is 2. The molecule has 5 nitrogen and oxygen atoms in total. The second-order valence-corrected chi connectivity index (χ2v) is 6.54. The summed E-state index contributed by atoms with van der Waals surface area (Å²) in [5.41, 5.74) is 3.37. The first kappa shape index (κ1) is 17.0. The van der Waals surface area contributed by atoms with Crippen LogP contribution < -0.4 is 10.2 Å². The molecule has 3 rings (SSSR count). The maximum atomic E-state index is 12.7. The lowest BCUT2D eigenvalue weighted by Gasteiger charge is -2.18. The van der Waals surface area contributed by atoms with E-state index >= 15 is 0 Å². The van der Waals surface area contributed by atoms with Gasteiger partial charge < -0.3 is 15.1 Å². The Labute approximate surface area is 148 Å². The highest BCUT2D eigenvalue weighted by Gasteiger charge is 2.32. The summed E-state index contributed by atoms with van der Waals surface area (Å²) in [5.74, 6) is 0.0635. The topological polar surface area (TPSA) is 52.7 Å². The lowest BCUT2D eigenvalue weighted by molar-refractivity contribution is -0.117. The predicted molar refractivity (Wildman–Crippen MR) is 100 cm³/mol. The smallest absolute Gasteiger partial charge is 0.253 e. The second-order valence-electron chi connectivity index (χ2n) is 6.54. The van der Waals surface area contributed by atoms with E-state index in [0.29, 0.717) is 12.1 Å². The minimum Gasteiger partial charge on any atom is -0.374 e. The summed E-state index contributed by atoms with van der Waals surface area (Å²) in [6.07, 6.45) is 0.755. The number of rotatable bonds is 4. The summed E-state index contributed by atoms with van der Waals surface area (Å²) >= 11 is 0. The Morgan fingerprint density at radius 3 is 2.52 bits per heavy atom. The fraction of sp³-hybridized carbons (Fsp3) is 0.300. The minimum atomic E-state index is -0.241. The van der Waals surface area contributed by atoms with Crippen LogP contribution in [0.4, 0.5) is 11.4 Å². The molecule has 130 valence electrons. The number of para-hydroxylation sites is 1. The van der Waals surface area contributed by atoms with Crippen LogP contribution in [-0.2, 0) is 4.79 Å². The maximum absolute atomic E-state index is 12.7. The monoisotopic (exact) mass is 337 g/mol. The summed E-state index contributed by atoms with van der Waals surface area (Å²) in [6, 6.07) is 15.1. The molecule has 1 saturated heterocycles. The van der Waals surface area contributed by atoms with Gasteiger partial charge in [0.05, 0.1) is 0 Å². The molecule has 1 aliphatic heterocycles. The molecule has 0 aromatic heterocycles. The summed E-state index contributed by atoms with van der Waals surface area (Å²) in [6.45, 7) is 2.62. The quantitative estimate of drug-likeness (QED) is 0.933. The highest BCUT2D eigenvalue weighted by Crippen LogP contribution is 2.24. The normalized spacial score (nSPS) is 16.8. The molecule has 1 aliphatic rings. The van der Waals surface area contributed by atoms with E-state index < -0.39 is 0 Å². The zero-order valence-electron chi connectivity index (χ0n) is 14.8. The predicted octanol–water partition coefficient (Wildman–Crippen LogP) is 2.91. The fourth-order valence-electron chi connectivity index (χ4n) is 3.11. The molecule has 25 heavy (non-hydrogen) atoms. The Kier molecular flexibility index (Phi) is 4.74. The van der Waals surface area contributed by atoms with Crippen LogP contribution in [0.15, 0.2) is 48.5 Å². The minimum absolute atomic E-state index is 0.0174. The number of benzene rings is 2. The molecule has 1 fully saturated rings. The van der Waals surface area contributed by atoms with Crippen molar-refractivity contribution in [1.82, 2.24) is 4.90 Å². The number of aryl methyl sites for hydroxylation is 1. The van der Waals surface area contributed by atoms with E-state index in [0.717, 1.165) is 23.4 Å². The van der Waals surface area contributed by atoms with Crippen molar-refractivity contribution in [3.63, 3.8) is 0 Å². The third-order valence-corrected chi connectivity index (χ3v) is 4.48. The van der Waals surface area contributed by atoms with E-state index in [1.54, 1.807) is 19.0 Å².